The summed E-state index contributed by atoms with van der Waals surface area (Å²) in [6, 6.07) is 4.76. The first-order valence-corrected chi connectivity index (χ1v) is 8.06. The minimum atomic E-state index is -0.649. The summed E-state index contributed by atoms with van der Waals surface area (Å²) in [6.07, 6.45) is 8.13. The van der Waals surface area contributed by atoms with E-state index in [0.717, 1.165) is 37.2 Å². The second-order valence-corrected chi connectivity index (χ2v) is 6.64. The van der Waals surface area contributed by atoms with E-state index in [1.807, 2.05) is 0 Å². The van der Waals surface area contributed by atoms with Crippen LogP contribution in [0.5, 0.6) is 0 Å². The van der Waals surface area contributed by atoms with Crippen LogP contribution in [0.25, 0.3) is 0 Å². The maximum Gasteiger partial charge on any atom is 0.141 e. The Morgan fingerprint density at radius 3 is 2.85 bits per heavy atom. The highest BCUT2D eigenvalue weighted by Gasteiger charge is 2.30. The lowest BCUT2D eigenvalue weighted by Crippen LogP contribution is -2.30. The number of aliphatic hydroxyl groups is 1. The molecular weight excluding hydrogens is 275 g/mol. The number of halogens is 2. The van der Waals surface area contributed by atoms with Gasteiger partial charge in [-0.1, -0.05) is 50.3 Å². The number of hydrogen-bond donors (Lipinski definition) is 1. The van der Waals surface area contributed by atoms with Gasteiger partial charge in [-0.2, -0.15) is 0 Å². The summed E-state index contributed by atoms with van der Waals surface area (Å²) in [5.74, 6) is 0.358. The first kappa shape index (κ1) is 15.8. The van der Waals surface area contributed by atoms with Gasteiger partial charge in [-0.05, 0) is 42.9 Å². The van der Waals surface area contributed by atoms with E-state index in [4.69, 9.17) is 11.6 Å². The van der Waals surface area contributed by atoms with Crippen LogP contribution in [0.1, 0.15) is 57.4 Å². The largest absolute Gasteiger partial charge is 0.390 e. The maximum absolute atomic E-state index is 13.2. The highest BCUT2D eigenvalue weighted by atomic mass is 35.5. The molecule has 0 aliphatic heterocycles. The van der Waals surface area contributed by atoms with Gasteiger partial charge in [0.1, 0.15) is 5.82 Å². The molecule has 1 aromatic rings. The molecule has 112 valence electrons. The maximum atomic E-state index is 13.2. The van der Waals surface area contributed by atoms with E-state index in [2.05, 4.69) is 6.92 Å². The Kier molecular flexibility index (Phi) is 5.45. The molecule has 1 aliphatic carbocycles. The Labute approximate surface area is 126 Å². The van der Waals surface area contributed by atoms with E-state index in [0.29, 0.717) is 6.42 Å². The van der Waals surface area contributed by atoms with Crippen molar-refractivity contribution in [2.75, 3.05) is 0 Å². The molecule has 20 heavy (non-hydrogen) atoms. The summed E-state index contributed by atoms with van der Waals surface area (Å²) in [7, 11) is 0. The van der Waals surface area contributed by atoms with Crippen LogP contribution in [-0.2, 0) is 6.42 Å². The zero-order valence-corrected chi connectivity index (χ0v) is 12.9. The zero-order chi connectivity index (χ0) is 14.6. The van der Waals surface area contributed by atoms with Crippen molar-refractivity contribution in [2.45, 2.75) is 63.9 Å². The van der Waals surface area contributed by atoms with Crippen molar-refractivity contribution in [1.82, 2.24) is 0 Å². The van der Waals surface area contributed by atoms with Crippen LogP contribution in [0.15, 0.2) is 18.2 Å². The topological polar surface area (TPSA) is 20.2 Å². The SMILES string of the molecule is CCCC1CCCC(O)(Cc2ccc(F)c(Cl)c2)CC1. The summed E-state index contributed by atoms with van der Waals surface area (Å²) in [4.78, 5) is 0. The van der Waals surface area contributed by atoms with Gasteiger partial charge in [0.2, 0.25) is 0 Å². The van der Waals surface area contributed by atoms with Gasteiger partial charge in [0.25, 0.3) is 0 Å². The third-order valence-electron chi connectivity index (χ3n) is 4.49. The molecule has 2 atom stereocenters. The van der Waals surface area contributed by atoms with Crippen LogP contribution in [0.4, 0.5) is 4.39 Å². The molecule has 1 aromatic carbocycles. The monoisotopic (exact) mass is 298 g/mol. The third-order valence-corrected chi connectivity index (χ3v) is 4.78. The molecule has 1 aliphatic rings. The smallest absolute Gasteiger partial charge is 0.141 e. The summed E-state index contributed by atoms with van der Waals surface area (Å²) in [5, 5.41) is 11.0. The summed E-state index contributed by atoms with van der Waals surface area (Å²) in [6.45, 7) is 2.22. The lowest BCUT2D eigenvalue weighted by Gasteiger charge is -2.27. The van der Waals surface area contributed by atoms with Crippen molar-refractivity contribution in [3.8, 4) is 0 Å². The molecule has 1 N–H and O–H groups in total. The molecule has 1 fully saturated rings. The van der Waals surface area contributed by atoms with Crippen LogP contribution < -0.4 is 0 Å². The molecular formula is C17H24ClFO. The predicted octanol–water partition coefficient (Wildman–Crippen LogP) is 5.13. The molecule has 1 nitrogen and oxygen atoms in total. The van der Waals surface area contributed by atoms with Crippen LogP contribution in [0.3, 0.4) is 0 Å². The highest BCUT2D eigenvalue weighted by molar-refractivity contribution is 6.30. The summed E-state index contributed by atoms with van der Waals surface area (Å²) >= 11 is 5.82. The van der Waals surface area contributed by atoms with Crippen LogP contribution in [0.2, 0.25) is 5.02 Å². The quantitative estimate of drug-likeness (QED) is 0.764. The van der Waals surface area contributed by atoms with Gasteiger partial charge in [-0.3, -0.25) is 0 Å². The Morgan fingerprint density at radius 2 is 2.15 bits per heavy atom. The second kappa shape index (κ2) is 6.91. The molecule has 3 heteroatoms. The standard InChI is InChI=1S/C17H24ClFO/c1-2-4-13-5-3-9-17(20,10-8-13)12-14-6-7-16(19)15(18)11-14/h6-7,11,13,20H,2-5,8-10,12H2,1H3. The van der Waals surface area contributed by atoms with Crippen molar-refractivity contribution >= 4 is 11.6 Å². The molecule has 0 heterocycles. The molecule has 1 saturated carbocycles. The average Bonchev–Trinajstić information content (AvgIpc) is 2.57. The first-order chi connectivity index (χ1) is 9.52. The van der Waals surface area contributed by atoms with E-state index < -0.39 is 11.4 Å². The van der Waals surface area contributed by atoms with E-state index in [-0.39, 0.29) is 5.02 Å². The van der Waals surface area contributed by atoms with E-state index >= 15 is 0 Å². The van der Waals surface area contributed by atoms with Crippen LogP contribution >= 0.6 is 11.6 Å². The Hall–Kier alpha value is -0.600. The predicted molar refractivity (Wildman–Crippen MR) is 81.5 cm³/mol. The van der Waals surface area contributed by atoms with Gasteiger partial charge < -0.3 is 5.11 Å². The van der Waals surface area contributed by atoms with Crippen molar-refractivity contribution in [3.05, 3.63) is 34.6 Å². The van der Waals surface area contributed by atoms with Crippen LogP contribution in [0, 0.1) is 11.7 Å². The van der Waals surface area contributed by atoms with Crippen molar-refractivity contribution in [3.63, 3.8) is 0 Å². The first-order valence-electron chi connectivity index (χ1n) is 7.69. The fraction of sp³-hybridized carbons (Fsp3) is 0.647. The number of benzene rings is 1. The van der Waals surface area contributed by atoms with E-state index in [1.165, 1.54) is 25.3 Å². The van der Waals surface area contributed by atoms with E-state index in [1.54, 1.807) is 12.1 Å². The van der Waals surface area contributed by atoms with Gasteiger partial charge in [0.15, 0.2) is 0 Å². The molecule has 0 bridgehead atoms. The lowest BCUT2D eigenvalue weighted by atomic mass is 9.87. The van der Waals surface area contributed by atoms with Gasteiger partial charge in [0, 0.05) is 6.42 Å². The van der Waals surface area contributed by atoms with Crippen molar-refractivity contribution in [1.29, 1.82) is 0 Å². The number of rotatable bonds is 4. The summed E-state index contributed by atoms with van der Waals surface area (Å²) < 4.78 is 13.2. The fourth-order valence-corrected chi connectivity index (χ4v) is 3.57. The zero-order valence-electron chi connectivity index (χ0n) is 12.2. The Balaban J connectivity index is 2.01. The average molecular weight is 299 g/mol. The Bertz CT molecular complexity index is 449. The molecule has 0 amide bonds. The van der Waals surface area contributed by atoms with Crippen molar-refractivity contribution in [2.24, 2.45) is 5.92 Å². The molecule has 0 radical (unpaired) electrons. The Morgan fingerprint density at radius 1 is 1.35 bits per heavy atom. The molecule has 0 spiro atoms. The fourth-order valence-electron chi connectivity index (χ4n) is 3.37. The van der Waals surface area contributed by atoms with E-state index in [9.17, 15) is 9.50 Å². The van der Waals surface area contributed by atoms with Gasteiger partial charge in [-0.15, -0.1) is 0 Å². The number of hydrogen-bond acceptors (Lipinski definition) is 1. The van der Waals surface area contributed by atoms with Gasteiger partial charge in [0.05, 0.1) is 10.6 Å². The second-order valence-electron chi connectivity index (χ2n) is 6.24. The lowest BCUT2D eigenvalue weighted by molar-refractivity contribution is 0.0241. The third kappa shape index (κ3) is 4.20. The highest BCUT2D eigenvalue weighted by Crippen LogP contribution is 2.35. The molecule has 2 rings (SSSR count). The molecule has 0 aromatic heterocycles. The van der Waals surface area contributed by atoms with Crippen molar-refractivity contribution < 1.29 is 9.50 Å². The van der Waals surface area contributed by atoms with Gasteiger partial charge in [-0.25, -0.2) is 4.39 Å². The molecule has 2 unspecified atom stereocenters. The normalized spacial score (nSPS) is 27.3. The van der Waals surface area contributed by atoms with Gasteiger partial charge >= 0.3 is 0 Å². The minimum Gasteiger partial charge on any atom is -0.390 e. The minimum absolute atomic E-state index is 0.142. The summed E-state index contributed by atoms with van der Waals surface area (Å²) in [5.41, 5.74) is 0.275. The van der Waals surface area contributed by atoms with Crippen LogP contribution in [-0.4, -0.2) is 10.7 Å². The molecule has 0 saturated heterocycles.